The first-order valence-corrected chi connectivity index (χ1v) is 2.55. The van der Waals surface area contributed by atoms with E-state index in [1.54, 1.807) is 13.0 Å². The summed E-state index contributed by atoms with van der Waals surface area (Å²) in [4.78, 5) is 19.5. The van der Waals surface area contributed by atoms with Gasteiger partial charge in [0.05, 0.1) is 0 Å². The van der Waals surface area contributed by atoms with Gasteiger partial charge >= 0.3 is 0 Å². The Kier molecular flexibility index (Phi) is 4.32. The second-order valence-corrected chi connectivity index (χ2v) is 1.54. The Balaban J connectivity index is 3.88. The lowest BCUT2D eigenvalue weighted by Crippen LogP contribution is -1.69. The van der Waals surface area contributed by atoms with Gasteiger partial charge in [0.1, 0.15) is 12.6 Å². The molecule has 0 aliphatic rings. The van der Waals surface area contributed by atoms with E-state index in [0.29, 0.717) is 12.6 Å². The van der Waals surface area contributed by atoms with Crippen molar-refractivity contribution in [2.45, 2.75) is 6.92 Å². The van der Waals surface area contributed by atoms with Crippen LogP contribution in [-0.4, -0.2) is 12.6 Å². The molecule has 0 aliphatic heterocycles. The summed E-state index contributed by atoms with van der Waals surface area (Å²) in [5, 5.41) is 0. The first-order chi connectivity index (χ1) is 4.31. The molecule has 0 bridgehead atoms. The van der Waals surface area contributed by atoms with Gasteiger partial charge < -0.3 is 0 Å². The molecule has 0 unspecified atom stereocenters. The Hall–Kier alpha value is -1.18. The molecule has 0 aromatic rings. The van der Waals surface area contributed by atoms with Crippen LogP contribution in [0.25, 0.3) is 0 Å². The molecule has 0 spiro atoms. The number of carbonyl (C=O) groups is 2. The lowest BCUT2D eigenvalue weighted by atomic mass is 10.3. The van der Waals surface area contributed by atoms with Gasteiger partial charge in [0.25, 0.3) is 0 Å². The van der Waals surface area contributed by atoms with Crippen LogP contribution in [0.15, 0.2) is 23.8 Å². The molecule has 0 saturated heterocycles. The van der Waals surface area contributed by atoms with Crippen molar-refractivity contribution in [2.24, 2.45) is 0 Å². The summed E-state index contributed by atoms with van der Waals surface area (Å²) in [6.45, 7) is 1.74. The maximum Gasteiger partial charge on any atom is 0.143 e. The van der Waals surface area contributed by atoms with Gasteiger partial charge in [-0.25, -0.2) is 0 Å². The molecular weight excluding hydrogens is 116 g/mol. The number of allylic oxidation sites excluding steroid dienone is 4. The summed E-state index contributed by atoms with van der Waals surface area (Å²) >= 11 is 0. The Morgan fingerprint density at radius 3 is 2.33 bits per heavy atom. The third-order valence-electron chi connectivity index (χ3n) is 0.769. The number of carbonyl (C=O) groups excluding carboxylic acids is 2. The first kappa shape index (κ1) is 7.82. The lowest BCUT2D eigenvalue weighted by Gasteiger charge is -1.80. The molecule has 0 saturated carbocycles. The van der Waals surface area contributed by atoms with Crippen molar-refractivity contribution in [1.29, 1.82) is 0 Å². The smallest absolute Gasteiger partial charge is 0.143 e. The normalized spacial score (nSPS) is 11.9. The van der Waals surface area contributed by atoms with Gasteiger partial charge in [0.15, 0.2) is 0 Å². The van der Waals surface area contributed by atoms with Crippen molar-refractivity contribution in [2.75, 3.05) is 0 Å². The minimum Gasteiger partial charge on any atom is -0.299 e. The number of aldehydes is 2. The van der Waals surface area contributed by atoms with E-state index < -0.39 is 0 Å². The van der Waals surface area contributed by atoms with E-state index in [4.69, 9.17) is 0 Å². The van der Waals surface area contributed by atoms with Crippen LogP contribution in [0.2, 0.25) is 0 Å². The molecular formula is C7H8O2. The van der Waals surface area contributed by atoms with Gasteiger partial charge in [0.2, 0.25) is 0 Å². The third kappa shape index (κ3) is 4.68. The van der Waals surface area contributed by atoms with Crippen molar-refractivity contribution in [3.8, 4) is 0 Å². The molecule has 9 heavy (non-hydrogen) atoms. The fraction of sp³-hybridized carbons (Fsp3) is 0.143. The number of hydrogen-bond donors (Lipinski definition) is 0. The molecule has 0 atom stereocenters. The largest absolute Gasteiger partial charge is 0.299 e. The van der Waals surface area contributed by atoms with Gasteiger partial charge in [0, 0.05) is 0 Å². The van der Waals surface area contributed by atoms with E-state index >= 15 is 0 Å². The standard InChI is InChI=1S/C7H8O2/c1-7(4-6-9)3-2-5-8/h2-6H,1H3/b3-2+,7-4+. The number of rotatable bonds is 3. The molecule has 2 nitrogen and oxygen atoms in total. The summed E-state index contributed by atoms with van der Waals surface area (Å²) in [7, 11) is 0. The quantitative estimate of drug-likeness (QED) is 0.318. The van der Waals surface area contributed by atoms with Crippen molar-refractivity contribution in [1.82, 2.24) is 0 Å². The fourth-order valence-corrected chi connectivity index (χ4v) is 0.354. The van der Waals surface area contributed by atoms with Crippen LogP contribution >= 0.6 is 0 Å². The fourth-order valence-electron chi connectivity index (χ4n) is 0.354. The second-order valence-electron chi connectivity index (χ2n) is 1.54. The van der Waals surface area contributed by atoms with Crippen molar-refractivity contribution in [3.05, 3.63) is 23.8 Å². The van der Waals surface area contributed by atoms with Crippen LogP contribution in [0.4, 0.5) is 0 Å². The third-order valence-corrected chi connectivity index (χ3v) is 0.769. The Bertz CT molecular complexity index is 154. The summed E-state index contributed by atoms with van der Waals surface area (Å²) < 4.78 is 0. The van der Waals surface area contributed by atoms with E-state index in [1.165, 1.54) is 12.2 Å². The molecule has 0 heterocycles. The highest BCUT2D eigenvalue weighted by molar-refractivity contribution is 5.69. The monoisotopic (exact) mass is 124 g/mol. The van der Waals surface area contributed by atoms with Crippen LogP contribution in [0.1, 0.15) is 6.92 Å². The zero-order chi connectivity index (χ0) is 7.11. The van der Waals surface area contributed by atoms with Gasteiger partial charge in [-0.1, -0.05) is 6.08 Å². The summed E-state index contributed by atoms with van der Waals surface area (Å²) in [6, 6.07) is 0. The lowest BCUT2D eigenvalue weighted by molar-refractivity contribution is -0.104. The average Bonchev–Trinajstić information content (AvgIpc) is 1.85. The van der Waals surface area contributed by atoms with E-state index in [1.807, 2.05) is 0 Å². The Labute approximate surface area is 53.9 Å². The first-order valence-electron chi connectivity index (χ1n) is 2.55. The van der Waals surface area contributed by atoms with E-state index in [0.717, 1.165) is 5.57 Å². The predicted octanol–water partition coefficient (Wildman–Crippen LogP) is 0.887. The maximum atomic E-state index is 9.78. The molecule has 48 valence electrons. The highest BCUT2D eigenvalue weighted by Gasteiger charge is 1.75. The molecule has 0 fully saturated rings. The van der Waals surface area contributed by atoms with E-state index in [2.05, 4.69) is 0 Å². The summed E-state index contributed by atoms with van der Waals surface area (Å²) in [5.41, 5.74) is 0.775. The topological polar surface area (TPSA) is 34.1 Å². The highest BCUT2D eigenvalue weighted by Crippen LogP contribution is 1.90. The van der Waals surface area contributed by atoms with Gasteiger partial charge in [-0.2, -0.15) is 0 Å². The number of hydrogen-bond acceptors (Lipinski definition) is 2. The summed E-state index contributed by atoms with van der Waals surface area (Å²) in [6.07, 6.45) is 5.66. The highest BCUT2D eigenvalue weighted by atomic mass is 16.1. The SMILES string of the molecule is CC(/C=C/C=O)=C\C=O. The molecule has 0 radical (unpaired) electrons. The van der Waals surface area contributed by atoms with Crippen LogP contribution in [-0.2, 0) is 9.59 Å². The van der Waals surface area contributed by atoms with Gasteiger partial charge in [-0.3, -0.25) is 9.59 Å². The van der Waals surface area contributed by atoms with E-state index in [-0.39, 0.29) is 0 Å². The van der Waals surface area contributed by atoms with Crippen molar-refractivity contribution < 1.29 is 9.59 Å². The zero-order valence-electron chi connectivity index (χ0n) is 5.20. The van der Waals surface area contributed by atoms with Crippen LogP contribution in [0.5, 0.6) is 0 Å². The van der Waals surface area contributed by atoms with Crippen molar-refractivity contribution in [3.63, 3.8) is 0 Å². The van der Waals surface area contributed by atoms with Gasteiger partial charge in [-0.15, -0.1) is 0 Å². The second kappa shape index (κ2) is 4.97. The van der Waals surface area contributed by atoms with E-state index in [9.17, 15) is 9.59 Å². The molecule has 0 aliphatic carbocycles. The minimum absolute atomic E-state index is 0.669. The minimum atomic E-state index is 0.669. The van der Waals surface area contributed by atoms with Crippen molar-refractivity contribution >= 4 is 12.6 Å². The van der Waals surface area contributed by atoms with Crippen LogP contribution < -0.4 is 0 Å². The zero-order valence-corrected chi connectivity index (χ0v) is 5.20. The molecule has 2 heteroatoms. The summed E-state index contributed by atoms with van der Waals surface area (Å²) in [5.74, 6) is 0. The maximum absolute atomic E-state index is 9.78. The molecule has 0 N–H and O–H groups in total. The van der Waals surface area contributed by atoms with Gasteiger partial charge in [-0.05, 0) is 24.6 Å². The molecule has 0 amide bonds. The Morgan fingerprint density at radius 1 is 1.22 bits per heavy atom. The molecule has 0 aromatic carbocycles. The molecule has 0 aromatic heterocycles. The van der Waals surface area contributed by atoms with Crippen LogP contribution in [0.3, 0.4) is 0 Å². The molecule has 0 rings (SSSR count). The van der Waals surface area contributed by atoms with Crippen LogP contribution in [0, 0.1) is 0 Å². The average molecular weight is 124 g/mol. The Morgan fingerprint density at radius 2 is 1.89 bits per heavy atom. The predicted molar refractivity (Wildman–Crippen MR) is 35.0 cm³/mol.